The van der Waals surface area contributed by atoms with E-state index in [1.165, 1.54) is 12.1 Å². The van der Waals surface area contributed by atoms with E-state index in [4.69, 9.17) is 0 Å². The summed E-state index contributed by atoms with van der Waals surface area (Å²) >= 11 is 0. The van der Waals surface area contributed by atoms with Crippen LogP contribution >= 0.6 is 0 Å². The third-order valence-corrected chi connectivity index (χ3v) is 3.90. The van der Waals surface area contributed by atoms with Crippen LogP contribution in [-0.2, 0) is 9.59 Å². The number of nitrogens with one attached hydrogen (secondary N) is 1. The minimum atomic E-state index is -0.264. The molecule has 0 spiro atoms. The Bertz CT molecular complexity index is 502. The van der Waals surface area contributed by atoms with Crippen molar-refractivity contribution in [2.45, 2.75) is 38.1 Å². The van der Waals surface area contributed by atoms with Crippen LogP contribution < -0.4 is 5.32 Å². The Labute approximate surface area is 124 Å². The summed E-state index contributed by atoms with van der Waals surface area (Å²) in [5.41, 5.74) is 0.980. The van der Waals surface area contributed by atoms with Crippen LogP contribution in [0.2, 0.25) is 0 Å². The second-order valence-electron chi connectivity index (χ2n) is 5.32. The summed E-state index contributed by atoms with van der Waals surface area (Å²) in [4.78, 5) is 25.3. The molecule has 0 bridgehead atoms. The van der Waals surface area contributed by atoms with Crippen LogP contribution in [0, 0.1) is 5.82 Å². The molecule has 0 aromatic heterocycles. The van der Waals surface area contributed by atoms with E-state index < -0.39 is 0 Å². The number of likely N-dealkylation sites (tertiary alicyclic amines) is 1. The number of carbonyl (C=O) groups excluding carboxylic acids is 2. The van der Waals surface area contributed by atoms with E-state index in [1.807, 2.05) is 4.90 Å². The number of rotatable bonds is 5. The molecule has 5 heteroatoms. The van der Waals surface area contributed by atoms with Gasteiger partial charge in [0.2, 0.25) is 11.8 Å². The SMILES string of the molecule is CNC(=O)CCCC(=O)N1CCC[C@@H]1c1ccc(F)cc1. The molecule has 0 saturated carbocycles. The van der Waals surface area contributed by atoms with Crippen molar-refractivity contribution in [3.63, 3.8) is 0 Å². The number of hydrogen-bond acceptors (Lipinski definition) is 2. The van der Waals surface area contributed by atoms with Crippen LogP contribution in [0.5, 0.6) is 0 Å². The highest BCUT2D eigenvalue weighted by Crippen LogP contribution is 2.32. The summed E-state index contributed by atoms with van der Waals surface area (Å²) < 4.78 is 13.0. The first kappa shape index (κ1) is 15.5. The second kappa shape index (κ2) is 7.20. The Morgan fingerprint density at radius 2 is 2.00 bits per heavy atom. The lowest BCUT2D eigenvalue weighted by Gasteiger charge is -2.25. The van der Waals surface area contributed by atoms with Crippen molar-refractivity contribution in [1.82, 2.24) is 10.2 Å². The molecule has 1 saturated heterocycles. The number of hydrogen-bond donors (Lipinski definition) is 1. The van der Waals surface area contributed by atoms with Crippen molar-refractivity contribution < 1.29 is 14.0 Å². The van der Waals surface area contributed by atoms with Crippen molar-refractivity contribution in [3.05, 3.63) is 35.6 Å². The summed E-state index contributed by atoms with van der Waals surface area (Å²) in [7, 11) is 1.59. The average Bonchev–Trinajstić information content (AvgIpc) is 2.97. The predicted octanol–water partition coefficient (Wildman–Crippen LogP) is 2.41. The number of benzene rings is 1. The topological polar surface area (TPSA) is 49.4 Å². The Hall–Kier alpha value is -1.91. The fourth-order valence-corrected chi connectivity index (χ4v) is 2.77. The smallest absolute Gasteiger partial charge is 0.223 e. The highest BCUT2D eigenvalue weighted by molar-refractivity contribution is 5.79. The van der Waals surface area contributed by atoms with E-state index in [1.54, 1.807) is 19.2 Å². The normalized spacial score (nSPS) is 17.8. The van der Waals surface area contributed by atoms with Gasteiger partial charge in [-0.05, 0) is 37.0 Å². The van der Waals surface area contributed by atoms with Crippen LogP contribution in [0.3, 0.4) is 0 Å². The van der Waals surface area contributed by atoms with E-state index >= 15 is 0 Å². The summed E-state index contributed by atoms with van der Waals surface area (Å²) in [5, 5.41) is 2.55. The first-order valence-electron chi connectivity index (χ1n) is 7.37. The quantitative estimate of drug-likeness (QED) is 0.906. The summed E-state index contributed by atoms with van der Waals surface area (Å²) in [5.74, 6) is -0.231. The molecule has 2 rings (SSSR count). The zero-order chi connectivity index (χ0) is 15.2. The third-order valence-electron chi connectivity index (χ3n) is 3.90. The van der Waals surface area contributed by atoms with E-state index in [-0.39, 0.29) is 23.7 Å². The molecule has 1 aliphatic heterocycles. The van der Waals surface area contributed by atoms with Gasteiger partial charge in [0, 0.05) is 26.4 Å². The van der Waals surface area contributed by atoms with E-state index in [0.717, 1.165) is 24.9 Å². The lowest BCUT2D eigenvalue weighted by molar-refractivity contribution is -0.132. The third kappa shape index (κ3) is 4.03. The van der Waals surface area contributed by atoms with Crippen molar-refractivity contribution in [2.75, 3.05) is 13.6 Å². The van der Waals surface area contributed by atoms with Crippen LogP contribution in [0.4, 0.5) is 4.39 Å². The van der Waals surface area contributed by atoms with Crippen molar-refractivity contribution >= 4 is 11.8 Å². The minimum absolute atomic E-state index is 0.0399. The molecule has 1 N–H and O–H groups in total. The average molecular weight is 292 g/mol. The lowest BCUT2D eigenvalue weighted by Crippen LogP contribution is -2.30. The van der Waals surface area contributed by atoms with Gasteiger partial charge in [0.15, 0.2) is 0 Å². The fraction of sp³-hybridized carbons (Fsp3) is 0.500. The van der Waals surface area contributed by atoms with E-state index in [0.29, 0.717) is 19.3 Å². The van der Waals surface area contributed by atoms with Crippen LogP contribution in [0.15, 0.2) is 24.3 Å². The summed E-state index contributed by atoms with van der Waals surface area (Å²) in [6, 6.07) is 6.40. The molecule has 0 unspecified atom stereocenters. The monoisotopic (exact) mass is 292 g/mol. The van der Waals surface area contributed by atoms with E-state index in [2.05, 4.69) is 5.32 Å². The lowest BCUT2D eigenvalue weighted by atomic mass is 10.0. The first-order valence-corrected chi connectivity index (χ1v) is 7.37. The molecule has 21 heavy (non-hydrogen) atoms. The molecule has 1 aromatic rings. The predicted molar refractivity (Wildman–Crippen MR) is 78.0 cm³/mol. The van der Waals surface area contributed by atoms with Gasteiger partial charge in [-0.3, -0.25) is 9.59 Å². The first-order chi connectivity index (χ1) is 10.1. The van der Waals surface area contributed by atoms with Gasteiger partial charge >= 0.3 is 0 Å². The van der Waals surface area contributed by atoms with Crippen molar-refractivity contribution in [2.24, 2.45) is 0 Å². The van der Waals surface area contributed by atoms with Crippen LogP contribution in [0.1, 0.15) is 43.7 Å². The second-order valence-corrected chi connectivity index (χ2v) is 5.32. The Morgan fingerprint density at radius 1 is 1.29 bits per heavy atom. The maximum absolute atomic E-state index is 13.0. The Kier molecular flexibility index (Phi) is 5.31. The van der Waals surface area contributed by atoms with Crippen LogP contribution in [0.25, 0.3) is 0 Å². The summed E-state index contributed by atoms with van der Waals surface area (Å²) in [6.07, 6.45) is 3.18. The zero-order valence-corrected chi connectivity index (χ0v) is 12.3. The molecule has 1 aromatic carbocycles. The van der Waals surface area contributed by atoms with Crippen molar-refractivity contribution in [1.29, 1.82) is 0 Å². The van der Waals surface area contributed by atoms with Gasteiger partial charge in [0.1, 0.15) is 5.82 Å². The van der Waals surface area contributed by atoms with E-state index in [9.17, 15) is 14.0 Å². The minimum Gasteiger partial charge on any atom is -0.359 e. The molecule has 1 fully saturated rings. The van der Waals surface area contributed by atoms with Crippen LogP contribution in [-0.4, -0.2) is 30.3 Å². The maximum atomic E-state index is 13.0. The van der Waals surface area contributed by atoms with Gasteiger partial charge in [-0.1, -0.05) is 12.1 Å². The molecule has 114 valence electrons. The summed E-state index contributed by atoms with van der Waals surface area (Å²) in [6.45, 7) is 0.737. The number of carbonyl (C=O) groups is 2. The van der Waals surface area contributed by atoms with Gasteiger partial charge in [-0.2, -0.15) is 0 Å². The van der Waals surface area contributed by atoms with Gasteiger partial charge in [0.05, 0.1) is 6.04 Å². The van der Waals surface area contributed by atoms with Crippen molar-refractivity contribution in [3.8, 4) is 0 Å². The van der Waals surface area contributed by atoms with Gasteiger partial charge in [-0.15, -0.1) is 0 Å². The fourth-order valence-electron chi connectivity index (χ4n) is 2.77. The largest absolute Gasteiger partial charge is 0.359 e. The molecule has 0 radical (unpaired) electrons. The highest BCUT2D eigenvalue weighted by Gasteiger charge is 2.29. The Morgan fingerprint density at radius 3 is 2.67 bits per heavy atom. The van der Waals surface area contributed by atoms with Gasteiger partial charge in [-0.25, -0.2) is 4.39 Å². The number of amides is 2. The molecule has 1 heterocycles. The molecular weight excluding hydrogens is 271 g/mol. The standard InChI is InChI=1S/C16H21FN2O2/c1-18-15(20)5-2-6-16(21)19-11-3-4-14(19)12-7-9-13(17)10-8-12/h7-10,14H,2-6,11H2,1H3,(H,18,20)/t14-/m1/s1. The number of nitrogens with zero attached hydrogens (tertiary/aromatic N) is 1. The Balaban J connectivity index is 1.93. The molecule has 1 aliphatic rings. The highest BCUT2D eigenvalue weighted by atomic mass is 19.1. The molecule has 4 nitrogen and oxygen atoms in total. The zero-order valence-electron chi connectivity index (χ0n) is 12.3. The molecule has 1 atom stereocenters. The molecule has 2 amide bonds. The van der Waals surface area contributed by atoms with Gasteiger partial charge < -0.3 is 10.2 Å². The van der Waals surface area contributed by atoms with Gasteiger partial charge in [0.25, 0.3) is 0 Å². The maximum Gasteiger partial charge on any atom is 0.223 e. The number of halogens is 1. The molecule has 0 aliphatic carbocycles. The molecular formula is C16H21FN2O2.